The highest BCUT2D eigenvalue weighted by Crippen LogP contribution is 2.26. The van der Waals surface area contributed by atoms with E-state index in [1.165, 1.54) is 17.5 Å². The predicted molar refractivity (Wildman–Crippen MR) is 80.7 cm³/mol. The number of aryl methyl sites for hydroxylation is 1. The van der Waals surface area contributed by atoms with E-state index in [0.29, 0.717) is 11.3 Å². The molecule has 0 spiro atoms. The lowest BCUT2D eigenvalue weighted by molar-refractivity contribution is 0.285. The van der Waals surface area contributed by atoms with Crippen molar-refractivity contribution >= 4 is 0 Å². The SMILES string of the molecule is Cc1ccc(CC(N)CC(C)CC(C)(C)C)cc1. The normalized spacial score (nSPS) is 15.4. The average Bonchev–Trinajstić information content (AvgIpc) is 2.18. The molecule has 18 heavy (non-hydrogen) atoms. The minimum Gasteiger partial charge on any atom is -0.327 e. The molecular weight excluding hydrogens is 218 g/mol. The van der Waals surface area contributed by atoms with E-state index in [9.17, 15) is 0 Å². The third kappa shape index (κ3) is 6.20. The third-order valence-electron chi connectivity index (χ3n) is 3.28. The quantitative estimate of drug-likeness (QED) is 0.823. The minimum atomic E-state index is 0.282. The molecular formula is C17H29N. The summed E-state index contributed by atoms with van der Waals surface area (Å²) in [7, 11) is 0. The van der Waals surface area contributed by atoms with Gasteiger partial charge in [-0.05, 0) is 43.1 Å². The van der Waals surface area contributed by atoms with Gasteiger partial charge in [-0.15, -0.1) is 0 Å². The van der Waals surface area contributed by atoms with Crippen molar-refractivity contribution in [1.82, 2.24) is 0 Å². The molecule has 1 aromatic carbocycles. The number of benzene rings is 1. The monoisotopic (exact) mass is 247 g/mol. The molecule has 0 heterocycles. The molecule has 1 aromatic rings. The lowest BCUT2D eigenvalue weighted by Gasteiger charge is -2.25. The van der Waals surface area contributed by atoms with Crippen LogP contribution in [0.4, 0.5) is 0 Å². The van der Waals surface area contributed by atoms with Gasteiger partial charge in [-0.3, -0.25) is 0 Å². The average molecular weight is 247 g/mol. The maximum atomic E-state index is 6.26. The van der Waals surface area contributed by atoms with Crippen molar-refractivity contribution in [2.24, 2.45) is 17.1 Å². The van der Waals surface area contributed by atoms with E-state index < -0.39 is 0 Å². The maximum absolute atomic E-state index is 6.26. The number of hydrogen-bond acceptors (Lipinski definition) is 1. The summed E-state index contributed by atoms with van der Waals surface area (Å²) in [6.07, 6.45) is 3.36. The van der Waals surface area contributed by atoms with Crippen LogP contribution in [0.5, 0.6) is 0 Å². The number of hydrogen-bond donors (Lipinski definition) is 1. The summed E-state index contributed by atoms with van der Waals surface area (Å²) in [5, 5.41) is 0. The van der Waals surface area contributed by atoms with Gasteiger partial charge in [-0.25, -0.2) is 0 Å². The summed E-state index contributed by atoms with van der Waals surface area (Å²) in [6, 6.07) is 9.01. The fraction of sp³-hybridized carbons (Fsp3) is 0.647. The predicted octanol–water partition coefficient (Wildman–Crippen LogP) is 4.33. The summed E-state index contributed by atoms with van der Waals surface area (Å²) >= 11 is 0. The van der Waals surface area contributed by atoms with Crippen molar-refractivity contribution in [3.8, 4) is 0 Å². The Kier molecular flexibility index (Phi) is 5.40. The van der Waals surface area contributed by atoms with Crippen LogP contribution in [-0.4, -0.2) is 6.04 Å². The second-order valence-electron chi connectivity index (χ2n) is 7.06. The van der Waals surface area contributed by atoms with Crippen molar-refractivity contribution in [1.29, 1.82) is 0 Å². The van der Waals surface area contributed by atoms with Crippen molar-refractivity contribution in [3.63, 3.8) is 0 Å². The molecule has 1 heteroatoms. The highest BCUT2D eigenvalue weighted by Gasteiger charge is 2.17. The highest BCUT2D eigenvalue weighted by atomic mass is 14.6. The molecule has 0 bridgehead atoms. The molecule has 0 aromatic heterocycles. The van der Waals surface area contributed by atoms with Gasteiger partial charge in [0.15, 0.2) is 0 Å². The molecule has 1 rings (SSSR count). The van der Waals surface area contributed by atoms with Gasteiger partial charge in [0.25, 0.3) is 0 Å². The van der Waals surface area contributed by atoms with E-state index in [1.807, 2.05) is 0 Å². The standard InChI is InChI=1S/C17H29N/c1-13-6-8-15(9-7-13)11-16(18)10-14(2)12-17(3,4)5/h6-9,14,16H,10-12,18H2,1-5H3. The molecule has 2 unspecified atom stereocenters. The molecule has 2 N–H and O–H groups in total. The van der Waals surface area contributed by atoms with Gasteiger partial charge >= 0.3 is 0 Å². The second-order valence-corrected chi connectivity index (χ2v) is 7.06. The molecule has 0 radical (unpaired) electrons. The Labute approximate surface area is 113 Å². The van der Waals surface area contributed by atoms with Crippen LogP contribution in [-0.2, 0) is 6.42 Å². The van der Waals surface area contributed by atoms with Crippen LogP contribution in [0.3, 0.4) is 0 Å². The minimum absolute atomic E-state index is 0.282. The van der Waals surface area contributed by atoms with E-state index in [4.69, 9.17) is 5.73 Å². The van der Waals surface area contributed by atoms with Crippen molar-refractivity contribution in [2.45, 2.75) is 59.9 Å². The summed E-state index contributed by atoms with van der Waals surface area (Å²) in [5.74, 6) is 0.699. The van der Waals surface area contributed by atoms with Gasteiger partial charge in [-0.1, -0.05) is 57.5 Å². The van der Waals surface area contributed by atoms with Gasteiger partial charge < -0.3 is 5.73 Å². The third-order valence-corrected chi connectivity index (χ3v) is 3.28. The van der Waals surface area contributed by atoms with E-state index >= 15 is 0 Å². The lowest BCUT2D eigenvalue weighted by atomic mass is 9.82. The number of nitrogens with two attached hydrogens (primary N) is 1. The van der Waals surface area contributed by atoms with E-state index in [0.717, 1.165) is 12.8 Å². The first-order chi connectivity index (χ1) is 8.26. The second kappa shape index (κ2) is 6.38. The maximum Gasteiger partial charge on any atom is 0.00818 e. The molecule has 0 aliphatic heterocycles. The topological polar surface area (TPSA) is 26.0 Å². The Morgan fingerprint density at radius 3 is 2.17 bits per heavy atom. The van der Waals surface area contributed by atoms with Crippen LogP contribution >= 0.6 is 0 Å². The zero-order valence-corrected chi connectivity index (χ0v) is 12.7. The molecule has 0 aliphatic rings. The molecule has 0 fully saturated rings. The summed E-state index contributed by atoms with van der Waals surface area (Å²) in [5.41, 5.74) is 9.34. The fourth-order valence-electron chi connectivity index (χ4n) is 2.76. The molecule has 0 saturated carbocycles. The van der Waals surface area contributed by atoms with E-state index in [-0.39, 0.29) is 6.04 Å². The van der Waals surface area contributed by atoms with Crippen LogP contribution in [0, 0.1) is 18.3 Å². The molecule has 0 amide bonds. The summed E-state index contributed by atoms with van der Waals surface area (Å²) in [4.78, 5) is 0. The van der Waals surface area contributed by atoms with Gasteiger partial charge in [0.1, 0.15) is 0 Å². The number of rotatable bonds is 5. The smallest absolute Gasteiger partial charge is 0.00818 e. The molecule has 0 saturated heterocycles. The first-order valence-electron chi connectivity index (χ1n) is 7.07. The van der Waals surface area contributed by atoms with Gasteiger partial charge in [0.05, 0.1) is 0 Å². The zero-order chi connectivity index (χ0) is 13.8. The first-order valence-corrected chi connectivity index (χ1v) is 7.07. The fourth-order valence-corrected chi connectivity index (χ4v) is 2.76. The van der Waals surface area contributed by atoms with E-state index in [1.54, 1.807) is 0 Å². The van der Waals surface area contributed by atoms with Crippen LogP contribution < -0.4 is 5.73 Å². The Balaban J connectivity index is 2.41. The molecule has 1 nitrogen and oxygen atoms in total. The van der Waals surface area contributed by atoms with Crippen LogP contribution in [0.1, 0.15) is 51.7 Å². The molecule has 0 aliphatic carbocycles. The Morgan fingerprint density at radius 2 is 1.67 bits per heavy atom. The van der Waals surface area contributed by atoms with Crippen LogP contribution in [0.2, 0.25) is 0 Å². The Morgan fingerprint density at radius 1 is 1.11 bits per heavy atom. The first kappa shape index (κ1) is 15.2. The summed E-state index contributed by atoms with van der Waals surface area (Å²) in [6.45, 7) is 11.3. The zero-order valence-electron chi connectivity index (χ0n) is 12.7. The lowest BCUT2D eigenvalue weighted by Crippen LogP contribution is -2.26. The largest absolute Gasteiger partial charge is 0.327 e. The van der Waals surface area contributed by atoms with Gasteiger partial charge in [-0.2, -0.15) is 0 Å². The van der Waals surface area contributed by atoms with Gasteiger partial charge in [0, 0.05) is 6.04 Å². The van der Waals surface area contributed by atoms with Crippen molar-refractivity contribution in [3.05, 3.63) is 35.4 Å². The Bertz CT molecular complexity index is 345. The van der Waals surface area contributed by atoms with Gasteiger partial charge in [0.2, 0.25) is 0 Å². The molecule has 102 valence electrons. The van der Waals surface area contributed by atoms with E-state index in [2.05, 4.69) is 58.9 Å². The van der Waals surface area contributed by atoms with Crippen LogP contribution in [0.15, 0.2) is 24.3 Å². The van der Waals surface area contributed by atoms with Crippen molar-refractivity contribution in [2.75, 3.05) is 0 Å². The van der Waals surface area contributed by atoms with Crippen molar-refractivity contribution < 1.29 is 0 Å². The Hall–Kier alpha value is -0.820. The molecule has 2 atom stereocenters. The summed E-state index contributed by atoms with van der Waals surface area (Å²) < 4.78 is 0. The highest BCUT2D eigenvalue weighted by molar-refractivity contribution is 5.21. The van der Waals surface area contributed by atoms with Crippen LogP contribution in [0.25, 0.3) is 0 Å².